The predicted molar refractivity (Wildman–Crippen MR) is 113 cm³/mol. The molecule has 2 heterocycles. The van der Waals surface area contributed by atoms with E-state index in [0.717, 1.165) is 0 Å². The van der Waals surface area contributed by atoms with Crippen LogP contribution >= 0.6 is 11.6 Å². The number of carbonyl (C=O) groups is 3. The number of ether oxygens (including phenoxy) is 1. The molecule has 1 aromatic carbocycles. The Morgan fingerprint density at radius 3 is 2.48 bits per heavy atom. The lowest BCUT2D eigenvalue weighted by Gasteiger charge is -2.33. The molecule has 0 atom stereocenters. The lowest BCUT2D eigenvalue weighted by molar-refractivity contribution is -0.173. The fraction of sp³-hybridized carbons (Fsp3) is 0.333. The van der Waals surface area contributed by atoms with E-state index < -0.39 is 24.4 Å². The highest BCUT2D eigenvalue weighted by atomic mass is 35.5. The van der Waals surface area contributed by atoms with Gasteiger partial charge in [0.05, 0.1) is 32.0 Å². The van der Waals surface area contributed by atoms with Crippen molar-refractivity contribution in [3.63, 3.8) is 0 Å². The minimum Gasteiger partial charge on any atom is -0.378 e. The average Bonchev–Trinajstić information content (AvgIpc) is 2.80. The largest absolute Gasteiger partial charge is 0.471 e. The van der Waals surface area contributed by atoms with Crippen LogP contribution in [0, 0.1) is 0 Å². The Morgan fingerprint density at radius 1 is 1.15 bits per heavy atom. The van der Waals surface area contributed by atoms with Gasteiger partial charge in [0, 0.05) is 35.6 Å². The standard InChI is InChI=1S/C21H20ClF3N4O4/c22-15-2-1-3-17(10-15)29(20(32)28-6-8-33-9-7-28)13-16-5-4-14(11-26-16)18(30)12-27-19(31)21(23,24)25/h1-5,10-11H,6-9,12-13H2,(H,27,31). The van der Waals surface area contributed by atoms with Gasteiger partial charge in [0.2, 0.25) is 0 Å². The molecule has 0 unspecified atom stereocenters. The van der Waals surface area contributed by atoms with Crippen LogP contribution in [0.3, 0.4) is 0 Å². The van der Waals surface area contributed by atoms with E-state index >= 15 is 0 Å². The number of halogens is 4. The normalized spacial score (nSPS) is 14.0. The zero-order valence-electron chi connectivity index (χ0n) is 17.3. The lowest BCUT2D eigenvalue weighted by Crippen LogP contribution is -2.48. The molecule has 1 N–H and O–H groups in total. The summed E-state index contributed by atoms with van der Waals surface area (Å²) in [6.07, 6.45) is -3.88. The molecule has 2 aromatic rings. The molecule has 0 aliphatic carbocycles. The summed E-state index contributed by atoms with van der Waals surface area (Å²) in [6.45, 7) is 0.963. The van der Waals surface area contributed by atoms with Crippen LogP contribution in [0.5, 0.6) is 0 Å². The maximum atomic E-state index is 13.2. The number of alkyl halides is 3. The highest BCUT2D eigenvalue weighted by molar-refractivity contribution is 6.30. The number of pyridine rings is 1. The van der Waals surface area contributed by atoms with E-state index in [1.54, 1.807) is 29.2 Å². The van der Waals surface area contributed by atoms with Gasteiger partial charge < -0.3 is 15.0 Å². The van der Waals surface area contributed by atoms with Crippen molar-refractivity contribution in [3.8, 4) is 0 Å². The van der Waals surface area contributed by atoms with Gasteiger partial charge in [-0.2, -0.15) is 13.2 Å². The fourth-order valence-electron chi connectivity index (χ4n) is 3.05. The molecule has 0 radical (unpaired) electrons. The highest BCUT2D eigenvalue weighted by Gasteiger charge is 2.38. The quantitative estimate of drug-likeness (QED) is 0.636. The van der Waals surface area contributed by atoms with Gasteiger partial charge in [-0.3, -0.25) is 19.5 Å². The molecular formula is C21H20ClF3N4O4. The van der Waals surface area contributed by atoms with Crippen LogP contribution in [-0.2, 0) is 16.1 Å². The summed E-state index contributed by atoms with van der Waals surface area (Å²) in [5.41, 5.74) is 1.01. The summed E-state index contributed by atoms with van der Waals surface area (Å²) in [6, 6.07) is 9.35. The molecule has 12 heteroatoms. The molecule has 0 spiro atoms. The number of ketones is 1. The van der Waals surface area contributed by atoms with Crippen molar-refractivity contribution in [1.29, 1.82) is 0 Å². The number of hydrogen-bond donors (Lipinski definition) is 1. The van der Waals surface area contributed by atoms with Gasteiger partial charge in [-0.05, 0) is 30.3 Å². The number of nitrogens with one attached hydrogen (secondary N) is 1. The third-order valence-electron chi connectivity index (χ3n) is 4.77. The maximum Gasteiger partial charge on any atom is 0.471 e. The lowest BCUT2D eigenvalue weighted by atomic mass is 10.1. The minimum absolute atomic E-state index is 0.0232. The summed E-state index contributed by atoms with van der Waals surface area (Å²) in [5, 5.41) is 1.97. The molecule has 176 valence electrons. The van der Waals surface area contributed by atoms with Crippen LogP contribution in [0.25, 0.3) is 0 Å². The van der Waals surface area contributed by atoms with Crippen LogP contribution in [0.15, 0.2) is 42.6 Å². The second-order valence-electron chi connectivity index (χ2n) is 7.09. The molecule has 8 nitrogen and oxygen atoms in total. The summed E-state index contributed by atoms with van der Waals surface area (Å²) < 4.78 is 42.1. The zero-order chi connectivity index (χ0) is 24.0. The number of urea groups is 1. The predicted octanol–water partition coefficient (Wildman–Crippen LogP) is 3.06. The Kier molecular flexibility index (Phi) is 7.88. The first kappa shape index (κ1) is 24.5. The number of amides is 3. The Hall–Kier alpha value is -3.18. The monoisotopic (exact) mass is 484 g/mol. The van der Waals surface area contributed by atoms with E-state index in [-0.39, 0.29) is 18.1 Å². The number of carbonyl (C=O) groups excluding carboxylic acids is 3. The van der Waals surface area contributed by atoms with Crippen LogP contribution in [0.4, 0.5) is 23.7 Å². The number of aromatic nitrogens is 1. The molecule has 3 rings (SSSR count). The van der Waals surface area contributed by atoms with Gasteiger partial charge in [-0.1, -0.05) is 17.7 Å². The molecule has 33 heavy (non-hydrogen) atoms. The first-order valence-electron chi connectivity index (χ1n) is 9.88. The highest BCUT2D eigenvalue weighted by Crippen LogP contribution is 2.23. The van der Waals surface area contributed by atoms with Gasteiger partial charge >= 0.3 is 18.1 Å². The van der Waals surface area contributed by atoms with Crippen molar-refractivity contribution >= 4 is 35.0 Å². The number of rotatable bonds is 6. The van der Waals surface area contributed by atoms with Crippen LogP contribution < -0.4 is 10.2 Å². The van der Waals surface area contributed by atoms with E-state index in [9.17, 15) is 27.6 Å². The molecule has 1 aliphatic rings. The molecule has 3 amide bonds. The van der Waals surface area contributed by atoms with Crippen molar-refractivity contribution in [2.75, 3.05) is 37.7 Å². The van der Waals surface area contributed by atoms with Gasteiger partial charge in [-0.25, -0.2) is 4.79 Å². The Labute approximate surface area is 192 Å². The van der Waals surface area contributed by atoms with Crippen LogP contribution in [-0.4, -0.2) is 66.6 Å². The summed E-state index contributed by atoms with van der Waals surface area (Å²) in [7, 11) is 0. The number of hydrogen-bond acceptors (Lipinski definition) is 5. The van der Waals surface area contributed by atoms with E-state index in [1.807, 2.05) is 0 Å². The van der Waals surface area contributed by atoms with E-state index in [1.165, 1.54) is 28.5 Å². The van der Waals surface area contributed by atoms with Crippen molar-refractivity contribution in [3.05, 3.63) is 58.9 Å². The maximum absolute atomic E-state index is 13.2. The number of Topliss-reactive ketones (excluding diaryl/α,β-unsaturated/α-hetero) is 1. The molecular weight excluding hydrogens is 465 g/mol. The van der Waals surface area contributed by atoms with Crippen LogP contribution in [0.2, 0.25) is 5.02 Å². The fourth-order valence-corrected chi connectivity index (χ4v) is 3.23. The van der Waals surface area contributed by atoms with E-state index in [4.69, 9.17) is 16.3 Å². The van der Waals surface area contributed by atoms with Crippen molar-refractivity contribution < 1.29 is 32.3 Å². The number of nitrogens with zero attached hydrogens (tertiary/aromatic N) is 3. The van der Waals surface area contributed by atoms with Crippen LogP contribution in [0.1, 0.15) is 16.1 Å². The third-order valence-corrected chi connectivity index (χ3v) is 5.00. The Bertz CT molecular complexity index is 1010. The summed E-state index contributed by atoms with van der Waals surface area (Å²) >= 11 is 6.09. The van der Waals surface area contributed by atoms with Crippen molar-refractivity contribution in [2.45, 2.75) is 12.7 Å². The SMILES string of the molecule is O=C(CNC(=O)C(F)(F)F)c1ccc(CN(C(=O)N2CCOCC2)c2cccc(Cl)c2)nc1. The topological polar surface area (TPSA) is 91.8 Å². The minimum atomic E-state index is -5.07. The molecule has 1 saturated heterocycles. The summed E-state index contributed by atoms with van der Waals surface area (Å²) in [4.78, 5) is 43.4. The number of morpholine rings is 1. The second kappa shape index (κ2) is 10.6. The first-order chi connectivity index (χ1) is 15.6. The van der Waals surface area contributed by atoms with Gasteiger partial charge in [0.1, 0.15) is 0 Å². The van der Waals surface area contributed by atoms with E-state index in [2.05, 4.69) is 4.98 Å². The Balaban J connectivity index is 1.72. The number of anilines is 1. The average molecular weight is 485 g/mol. The third kappa shape index (κ3) is 6.65. The first-order valence-corrected chi connectivity index (χ1v) is 10.3. The molecule has 0 saturated carbocycles. The summed E-state index contributed by atoms with van der Waals surface area (Å²) in [5.74, 6) is -2.93. The molecule has 0 bridgehead atoms. The van der Waals surface area contributed by atoms with Gasteiger partial charge in [0.25, 0.3) is 0 Å². The van der Waals surface area contributed by atoms with Gasteiger partial charge in [-0.15, -0.1) is 0 Å². The second-order valence-corrected chi connectivity index (χ2v) is 7.53. The van der Waals surface area contributed by atoms with Crippen molar-refractivity contribution in [1.82, 2.24) is 15.2 Å². The number of benzene rings is 1. The van der Waals surface area contributed by atoms with Gasteiger partial charge in [0.15, 0.2) is 5.78 Å². The molecule has 1 aromatic heterocycles. The van der Waals surface area contributed by atoms with E-state index in [0.29, 0.717) is 42.7 Å². The zero-order valence-corrected chi connectivity index (χ0v) is 18.0. The smallest absolute Gasteiger partial charge is 0.378 e. The Morgan fingerprint density at radius 2 is 1.88 bits per heavy atom. The molecule has 1 aliphatic heterocycles. The molecule has 1 fully saturated rings. The van der Waals surface area contributed by atoms with Crippen molar-refractivity contribution in [2.24, 2.45) is 0 Å².